The summed E-state index contributed by atoms with van der Waals surface area (Å²) >= 11 is 1.52. The number of hydrogen-bond acceptors (Lipinski definition) is 3. The van der Waals surface area contributed by atoms with Gasteiger partial charge >= 0.3 is 5.97 Å². The van der Waals surface area contributed by atoms with Gasteiger partial charge < -0.3 is 10.4 Å². The second-order valence-corrected chi connectivity index (χ2v) is 5.18. The first kappa shape index (κ1) is 14.5. The lowest BCUT2D eigenvalue weighted by molar-refractivity contribution is 0.0694. The van der Waals surface area contributed by atoms with Gasteiger partial charge in [-0.1, -0.05) is 13.0 Å². The monoisotopic (exact) mass is 263 g/mol. The topological polar surface area (TPSA) is 49.3 Å². The molecule has 4 heteroatoms. The van der Waals surface area contributed by atoms with Crippen LogP contribution in [-0.2, 0) is 0 Å². The molecule has 1 aromatic rings. The Labute approximate surface area is 112 Å². The zero-order valence-electron chi connectivity index (χ0n) is 10.6. The lowest BCUT2D eigenvalue weighted by Gasteiger charge is -2.16. The molecule has 1 unspecified atom stereocenters. The number of aromatic carboxylic acids is 1. The van der Waals surface area contributed by atoms with E-state index >= 15 is 0 Å². The van der Waals surface area contributed by atoms with Gasteiger partial charge in [-0.05, 0) is 24.8 Å². The summed E-state index contributed by atoms with van der Waals surface area (Å²) in [6, 6.07) is 5.51. The second-order valence-electron chi connectivity index (χ2n) is 3.87. The molecular weight excluding hydrogens is 246 g/mol. The van der Waals surface area contributed by atoms with Crippen LogP contribution in [-0.4, -0.2) is 22.9 Å². The molecule has 1 aromatic carbocycles. The molecule has 0 aliphatic rings. The molecule has 3 nitrogen and oxygen atoms in total. The van der Waals surface area contributed by atoms with E-state index in [-0.39, 0.29) is 6.04 Å². The molecule has 0 aromatic heterocycles. The van der Waals surface area contributed by atoms with E-state index in [2.05, 4.69) is 11.2 Å². The van der Waals surface area contributed by atoms with Gasteiger partial charge in [0, 0.05) is 17.4 Å². The van der Waals surface area contributed by atoms with Crippen LogP contribution in [0.1, 0.15) is 30.6 Å². The van der Waals surface area contributed by atoms with Gasteiger partial charge in [-0.3, -0.25) is 0 Å². The number of rotatable bonds is 6. The molecule has 0 amide bonds. The predicted octanol–water partition coefficient (Wildman–Crippen LogP) is 3.32. The molecule has 96 valence electrons. The third-order valence-electron chi connectivity index (χ3n) is 2.37. The molecular formula is C14H17NO2S. The van der Waals surface area contributed by atoms with Crippen molar-refractivity contribution in [3.8, 4) is 12.3 Å². The largest absolute Gasteiger partial charge is 0.478 e. The highest BCUT2D eigenvalue weighted by atomic mass is 32.2. The number of thioether (sulfide) groups is 1. The Balaban J connectivity index is 3.07. The maximum Gasteiger partial charge on any atom is 0.338 e. The molecule has 0 saturated heterocycles. The van der Waals surface area contributed by atoms with Crippen LogP contribution in [0, 0.1) is 12.3 Å². The summed E-state index contributed by atoms with van der Waals surface area (Å²) in [7, 11) is 0. The van der Waals surface area contributed by atoms with E-state index in [1.165, 1.54) is 11.8 Å². The average Bonchev–Trinajstić information content (AvgIpc) is 2.29. The van der Waals surface area contributed by atoms with Crippen LogP contribution in [0.2, 0.25) is 0 Å². The van der Waals surface area contributed by atoms with Crippen LogP contribution >= 0.6 is 11.8 Å². The van der Waals surface area contributed by atoms with Gasteiger partial charge in [0.05, 0.1) is 11.3 Å². The first-order valence-corrected chi connectivity index (χ1v) is 6.77. The lowest BCUT2D eigenvalue weighted by atomic mass is 10.1. The van der Waals surface area contributed by atoms with Crippen molar-refractivity contribution >= 4 is 23.4 Å². The SMILES string of the molecule is C#CCC(C)Nc1cccc(SCC)c1C(=O)O. The van der Waals surface area contributed by atoms with Gasteiger partial charge in [-0.15, -0.1) is 24.1 Å². The fourth-order valence-electron chi connectivity index (χ4n) is 1.64. The number of carboxylic acids is 1. The first-order chi connectivity index (χ1) is 8.60. The van der Waals surface area contributed by atoms with Gasteiger partial charge in [0.2, 0.25) is 0 Å². The molecule has 1 atom stereocenters. The highest BCUT2D eigenvalue weighted by molar-refractivity contribution is 7.99. The van der Waals surface area contributed by atoms with E-state index in [0.717, 1.165) is 10.6 Å². The minimum Gasteiger partial charge on any atom is -0.478 e. The van der Waals surface area contributed by atoms with Crippen molar-refractivity contribution in [1.29, 1.82) is 0 Å². The van der Waals surface area contributed by atoms with E-state index < -0.39 is 5.97 Å². The summed E-state index contributed by atoms with van der Waals surface area (Å²) in [5.74, 6) is 2.48. The number of anilines is 1. The van der Waals surface area contributed by atoms with Crippen molar-refractivity contribution in [2.24, 2.45) is 0 Å². The molecule has 0 radical (unpaired) electrons. The fraction of sp³-hybridized carbons (Fsp3) is 0.357. The lowest BCUT2D eigenvalue weighted by Crippen LogP contribution is -2.17. The molecule has 0 aliphatic carbocycles. The fourth-order valence-corrected chi connectivity index (χ4v) is 2.47. The van der Waals surface area contributed by atoms with Crippen LogP contribution in [0.25, 0.3) is 0 Å². The Hall–Kier alpha value is -1.60. The summed E-state index contributed by atoms with van der Waals surface area (Å²) in [5.41, 5.74) is 0.955. The third kappa shape index (κ3) is 3.71. The van der Waals surface area contributed by atoms with Gasteiger partial charge in [-0.2, -0.15) is 0 Å². The predicted molar refractivity (Wildman–Crippen MR) is 76.3 cm³/mol. The summed E-state index contributed by atoms with van der Waals surface area (Å²) in [4.78, 5) is 12.1. The van der Waals surface area contributed by atoms with E-state index in [1.807, 2.05) is 26.0 Å². The third-order valence-corrected chi connectivity index (χ3v) is 3.31. The van der Waals surface area contributed by atoms with Crippen LogP contribution in [0.15, 0.2) is 23.1 Å². The summed E-state index contributed by atoms with van der Waals surface area (Å²) in [6.45, 7) is 3.93. The quantitative estimate of drug-likeness (QED) is 0.610. The van der Waals surface area contributed by atoms with E-state index in [1.54, 1.807) is 6.07 Å². The average molecular weight is 263 g/mol. The van der Waals surface area contributed by atoms with Crippen LogP contribution in [0.4, 0.5) is 5.69 Å². The molecule has 0 spiro atoms. The zero-order valence-corrected chi connectivity index (χ0v) is 11.4. The first-order valence-electron chi connectivity index (χ1n) is 5.79. The Kier molecular flexibility index (Phi) is 5.60. The summed E-state index contributed by atoms with van der Waals surface area (Å²) in [5, 5.41) is 12.5. The Morgan fingerprint density at radius 3 is 2.89 bits per heavy atom. The molecule has 2 N–H and O–H groups in total. The maximum atomic E-state index is 11.4. The standard InChI is InChI=1S/C14H17NO2S/c1-4-7-10(3)15-11-8-6-9-12(18-5-2)13(11)14(16)17/h1,6,8-10,15H,5,7H2,2-3H3,(H,16,17). The smallest absolute Gasteiger partial charge is 0.338 e. The zero-order chi connectivity index (χ0) is 13.5. The number of nitrogens with one attached hydrogen (secondary N) is 1. The van der Waals surface area contributed by atoms with Gasteiger partial charge in [0.15, 0.2) is 0 Å². The van der Waals surface area contributed by atoms with Gasteiger partial charge in [0.1, 0.15) is 0 Å². The molecule has 0 bridgehead atoms. The van der Waals surface area contributed by atoms with E-state index in [0.29, 0.717) is 17.7 Å². The number of carbonyl (C=O) groups is 1. The summed E-state index contributed by atoms with van der Waals surface area (Å²) in [6.07, 6.45) is 5.81. The van der Waals surface area contributed by atoms with Gasteiger partial charge in [-0.25, -0.2) is 4.79 Å². The number of hydrogen-bond donors (Lipinski definition) is 2. The Bertz CT molecular complexity index is 465. The van der Waals surface area contributed by atoms with Crippen LogP contribution < -0.4 is 5.32 Å². The molecule has 0 fully saturated rings. The van der Waals surface area contributed by atoms with Crippen LogP contribution in [0.3, 0.4) is 0 Å². The Morgan fingerprint density at radius 1 is 1.61 bits per heavy atom. The summed E-state index contributed by atoms with van der Waals surface area (Å²) < 4.78 is 0. The molecule has 0 saturated carbocycles. The normalized spacial score (nSPS) is 11.6. The second kappa shape index (κ2) is 6.97. The van der Waals surface area contributed by atoms with Crippen molar-refractivity contribution in [1.82, 2.24) is 0 Å². The number of terminal acetylenes is 1. The molecule has 18 heavy (non-hydrogen) atoms. The Morgan fingerprint density at radius 2 is 2.33 bits per heavy atom. The van der Waals surface area contributed by atoms with Gasteiger partial charge in [0.25, 0.3) is 0 Å². The van der Waals surface area contributed by atoms with E-state index in [4.69, 9.17) is 6.42 Å². The number of carboxylic acid groups (broad SMARTS) is 1. The maximum absolute atomic E-state index is 11.4. The molecule has 1 rings (SSSR count). The van der Waals surface area contributed by atoms with Crippen molar-refractivity contribution in [2.75, 3.05) is 11.1 Å². The highest BCUT2D eigenvalue weighted by Gasteiger charge is 2.16. The van der Waals surface area contributed by atoms with Crippen molar-refractivity contribution in [3.05, 3.63) is 23.8 Å². The minimum atomic E-state index is -0.915. The number of benzene rings is 1. The molecule has 0 heterocycles. The molecule has 0 aliphatic heterocycles. The van der Waals surface area contributed by atoms with E-state index in [9.17, 15) is 9.90 Å². The van der Waals surface area contributed by atoms with Crippen molar-refractivity contribution < 1.29 is 9.90 Å². The highest BCUT2D eigenvalue weighted by Crippen LogP contribution is 2.29. The van der Waals surface area contributed by atoms with Crippen LogP contribution in [0.5, 0.6) is 0 Å². The van der Waals surface area contributed by atoms with Crippen molar-refractivity contribution in [3.63, 3.8) is 0 Å². The minimum absolute atomic E-state index is 0.0509. The van der Waals surface area contributed by atoms with Crippen molar-refractivity contribution in [2.45, 2.75) is 31.2 Å².